The Morgan fingerprint density at radius 2 is 2.13 bits per heavy atom. The van der Waals surface area contributed by atoms with Crippen LogP contribution in [-0.4, -0.2) is 24.0 Å². The zero-order chi connectivity index (χ0) is 10.3. The molecule has 1 aliphatic carbocycles. The van der Waals surface area contributed by atoms with Gasteiger partial charge in [0.05, 0.1) is 25.1 Å². The summed E-state index contributed by atoms with van der Waals surface area (Å²) in [7, 11) is 0. The van der Waals surface area contributed by atoms with E-state index in [1.807, 2.05) is 6.07 Å². The van der Waals surface area contributed by atoms with Crippen LogP contribution in [0.25, 0.3) is 0 Å². The van der Waals surface area contributed by atoms with E-state index in [2.05, 4.69) is 4.98 Å². The number of nitrogens with two attached hydrogens (primary N) is 1. The minimum atomic E-state index is -0.386. The number of aromatic nitrogens is 1. The number of nitrogen functional groups attached to an aromatic ring is 1. The van der Waals surface area contributed by atoms with Crippen LogP contribution in [0, 0.1) is 0 Å². The van der Waals surface area contributed by atoms with E-state index >= 15 is 0 Å². The van der Waals surface area contributed by atoms with Crippen molar-refractivity contribution < 1.29 is 9.47 Å². The predicted molar refractivity (Wildman–Crippen MR) is 55.3 cm³/mol. The second-order valence-corrected chi connectivity index (χ2v) is 4.16. The van der Waals surface area contributed by atoms with E-state index in [0.29, 0.717) is 18.9 Å². The van der Waals surface area contributed by atoms with Gasteiger partial charge in [-0.05, 0) is 18.1 Å². The van der Waals surface area contributed by atoms with Crippen molar-refractivity contribution in [1.82, 2.24) is 4.98 Å². The Hall–Kier alpha value is -1.13. The first-order valence-corrected chi connectivity index (χ1v) is 5.29. The van der Waals surface area contributed by atoms with E-state index in [0.717, 1.165) is 25.0 Å². The van der Waals surface area contributed by atoms with Crippen LogP contribution in [0.3, 0.4) is 0 Å². The van der Waals surface area contributed by atoms with E-state index in [1.165, 1.54) is 5.56 Å². The fraction of sp³-hybridized carbons (Fsp3) is 0.545. The predicted octanol–water partition coefficient (Wildman–Crippen LogP) is 0.896. The summed E-state index contributed by atoms with van der Waals surface area (Å²) in [6, 6.07) is 1.98. The van der Waals surface area contributed by atoms with Gasteiger partial charge in [-0.1, -0.05) is 0 Å². The van der Waals surface area contributed by atoms with Gasteiger partial charge in [-0.2, -0.15) is 0 Å². The minimum absolute atomic E-state index is 0.386. The summed E-state index contributed by atoms with van der Waals surface area (Å²) in [5, 5.41) is 0. The molecule has 0 aromatic carbocycles. The van der Waals surface area contributed by atoms with Crippen molar-refractivity contribution in [3.05, 3.63) is 23.5 Å². The molecule has 4 heteroatoms. The average molecular weight is 206 g/mol. The van der Waals surface area contributed by atoms with Crippen LogP contribution < -0.4 is 5.73 Å². The maximum Gasteiger partial charge on any atom is 0.172 e. The van der Waals surface area contributed by atoms with Crippen molar-refractivity contribution in [2.45, 2.75) is 25.0 Å². The molecule has 2 heterocycles. The highest BCUT2D eigenvalue weighted by Gasteiger charge is 2.40. The molecule has 1 fully saturated rings. The quantitative estimate of drug-likeness (QED) is 0.685. The molecule has 0 amide bonds. The molecular weight excluding hydrogens is 192 g/mol. The number of rotatable bonds is 0. The normalized spacial score (nSPS) is 22.9. The standard InChI is InChI=1S/C11H14N2O2/c12-9-5-8-6-11(14-3-4-15-11)2-1-10(8)13-7-9/h5,7H,1-4,6,12H2. The number of anilines is 1. The number of hydrogen-bond acceptors (Lipinski definition) is 4. The van der Waals surface area contributed by atoms with E-state index in [1.54, 1.807) is 6.20 Å². The Labute approximate surface area is 88.4 Å². The van der Waals surface area contributed by atoms with E-state index in [4.69, 9.17) is 15.2 Å². The van der Waals surface area contributed by atoms with Crippen molar-refractivity contribution in [2.24, 2.45) is 0 Å². The molecule has 1 spiro atoms. The summed E-state index contributed by atoms with van der Waals surface area (Å²) in [5.41, 5.74) is 8.74. The molecule has 0 bridgehead atoms. The molecule has 4 nitrogen and oxygen atoms in total. The van der Waals surface area contributed by atoms with Crippen LogP contribution in [0.4, 0.5) is 5.69 Å². The molecule has 0 atom stereocenters. The molecule has 3 rings (SSSR count). The Kier molecular flexibility index (Phi) is 1.94. The molecule has 15 heavy (non-hydrogen) atoms. The van der Waals surface area contributed by atoms with Gasteiger partial charge in [0, 0.05) is 18.5 Å². The molecule has 2 N–H and O–H groups in total. The number of hydrogen-bond donors (Lipinski definition) is 1. The largest absolute Gasteiger partial charge is 0.397 e. The van der Waals surface area contributed by atoms with Crippen molar-refractivity contribution >= 4 is 5.69 Å². The topological polar surface area (TPSA) is 57.4 Å². The van der Waals surface area contributed by atoms with Crippen LogP contribution in [0.1, 0.15) is 17.7 Å². The maximum atomic E-state index is 5.72. The number of fused-ring (bicyclic) bond motifs is 1. The molecule has 0 radical (unpaired) electrons. The lowest BCUT2D eigenvalue weighted by atomic mass is 9.90. The van der Waals surface area contributed by atoms with Crippen molar-refractivity contribution in [2.75, 3.05) is 18.9 Å². The van der Waals surface area contributed by atoms with E-state index in [9.17, 15) is 0 Å². The second kappa shape index (κ2) is 3.18. The Balaban J connectivity index is 1.94. The summed E-state index contributed by atoms with van der Waals surface area (Å²) in [4.78, 5) is 4.34. The van der Waals surface area contributed by atoms with Crippen molar-refractivity contribution in [3.63, 3.8) is 0 Å². The Morgan fingerprint density at radius 1 is 1.33 bits per heavy atom. The van der Waals surface area contributed by atoms with Gasteiger partial charge < -0.3 is 15.2 Å². The van der Waals surface area contributed by atoms with Gasteiger partial charge in [0.25, 0.3) is 0 Å². The summed E-state index contributed by atoms with van der Waals surface area (Å²) in [5.74, 6) is -0.386. The van der Waals surface area contributed by atoms with Crippen LogP contribution >= 0.6 is 0 Å². The summed E-state index contributed by atoms with van der Waals surface area (Å²) < 4.78 is 11.4. The number of nitrogens with zero attached hydrogens (tertiary/aromatic N) is 1. The number of aryl methyl sites for hydroxylation is 1. The fourth-order valence-corrected chi connectivity index (χ4v) is 2.37. The third kappa shape index (κ3) is 1.50. The Bertz CT molecular complexity index is 386. The molecular formula is C11H14N2O2. The molecule has 0 unspecified atom stereocenters. The molecule has 1 aliphatic heterocycles. The molecule has 2 aliphatic rings. The van der Waals surface area contributed by atoms with Gasteiger partial charge in [-0.25, -0.2) is 0 Å². The van der Waals surface area contributed by atoms with Crippen molar-refractivity contribution in [1.29, 1.82) is 0 Å². The highest BCUT2D eigenvalue weighted by atomic mass is 16.7. The van der Waals surface area contributed by atoms with Crippen LogP contribution in [0.5, 0.6) is 0 Å². The lowest BCUT2D eigenvalue weighted by Crippen LogP contribution is -2.37. The van der Waals surface area contributed by atoms with Gasteiger partial charge in [0.1, 0.15) is 0 Å². The van der Waals surface area contributed by atoms with Gasteiger partial charge in [0.15, 0.2) is 5.79 Å². The first-order valence-electron chi connectivity index (χ1n) is 5.29. The van der Waals surface area contributed by atoms with Crippen LogP contribution in [0.15, 0.2) is 12.3 Å². The molecule has 0 saturated carbocycles. The molecule has 1 aromatic rings. The second-order valence-electron chi connectivity index (χ2n) is 4.16. The SMILES string of the molecule is Nc1cnc2c(c1)CC1(CC2)OCCO1. The monoisotopic (exact) mass is 206 g/mol. The zero-order valence-corrected chi connectivity index (χ0v) is 8.53. The molecule has 1 saturated heterocycles. The van der Waals surface area contributed by atoms with Crippen LogP contribution in [-0.2, 0) is 22.3 Å². The van der Waals surface area contributed by atoms with E-state index < -0.39 is 0 Å². The Morgan fingerprint density at radius 3 is 2.93 bits per heavy atom. The van der Waals surface area contributed by atoms with Gasteiger partial charge >= 0.3 is 0 Å². The first kappa shape index (κ1) is 9.12. The first-order chi connectivity index (χ1) is 7.27. The highest BCUT2D eigenvalue weighted by molar-refractivity contribution is 5.41. The van der Waals surface area contributed by atoms with Crippen LogP contribution in [0.2, 0.25) is 0 Å². The maximum absolute atomic E-state index is 5.72. The summed E-state index contributed by atoms with van der Waals surface area (Å²) >= 11 is 0. The molecule has 1 aromatic heterocycles. The summed E-state index contributed by atoms with van der Waals surface area (Å²) in [6.07, 6.45) is 4.31. The fourth-order valence-electron chi connectivity index (χ4n) is 2.37. The van der Waals surface area contributed by atoms with Gasteiger partial charge in [-0.3, -0.25) is 4.98 Å². The number of ether oxygens (including phenoxy) is 2. The summed E-state index contributed by atoms with van der Waals surface area (Å²) in [6.45, 7) is 1.40. The lowest BCUT2D eigenvalue weighted by molar-refractivity contribution is -0.164. The number of pyridine rings is 1. The van der Waals surface area contributed by atoms with E-state index in [-0.39, 0.29) is 5.79 Å². The third-order valence-corrected chi connectivity index (χ3v) is 3.10. The van der Waals surface area contributed by atoms with Crippen molar-refractivity contribution in [3.8, 4) is 0 Å². The minimum Gasteiger partial charge on any atom is -0.397 e. The zero-order valence-electron chi connectivity index (χ0n) is 8.53. The lowest BCUT2D eigenvalue weighted by Gasteiger charge is -2.32. The van der Waals surface area contributed by atoms with Gasteiger partial charge in [-0.15, -0.1) is 0 Å². The van der Waals surface area contributed by atoms with Gasteiger partial charge in [0.2, 0.25) is 0 Å². The average Bonchev–Trinajstić information content (AvgIpc) is 2.66. The molecule has 80 valence electrons. The third-order valence-electron chi connectivity index (χ3n) is 3.10. The smallest absolute Gasteiger partial charge is 0.172 e. The highest BCUT2D eigenvalue weighted by Crippen LogP contribution is 2.34.